The molecule has 0 amide bonds. The summed E-state index contributed by atoms with van der Waals surface area (Å²) in [5, 5.41) is 4.84. The molecule has 0 spiro atoms. The van der Waals surface area contributed by atoms with Crippen LogP contribution >= 0.6 is 11.3 Å². The molecule has 50 heavy (non-hydrogen) atoms. The third-order valence-electron chi connectivity index (χ3n) is 9.47. The van der Waals surface area contributed by atoms with Crippen molar-refractivity contribution in [1.29, 1.82) is 0 Å². The molecule has 0 aliphatic heterocycles. The van der Waals surface area contributed by atoms with E-state index in [0.29, 0.717) is 17.5 Å². The highest BCUT2D eigenvalue weighted by atomic mass is 32.1. The quantitative estimate of drug-likeness (QED) is 0.185. The van der Waals surface area contributed by atoms with Crippen molar-refractivity contribution < 1.29 is 0 Å². The van der Waals surface area contributed by atoms with Crippen LogP contribution in [0.2, 0.25) is 0 Å². The van der Waals surface area contributed by atoms with E-state index in [2.05, 4.69) is 150 Å². The van der Waals surface area contributed by atoms with Crippen molar-refractivity contribution in [2.75, 3.05) is 0 Å². The highest BCUT2D eigenvalue weighted by Gasteiger charge is 2.20. The van der Waals surface area contributed by atoms with E-state index in [9.17, 15) is 0 Å². The number of thiophene rings is 1. The van der Waals surface area contributed by atoms with Crippen molar-refractivity contribution in [2.24, 2.45) is 0 Å². The third kappa shape index (κ3) is 4.71. The summed E-state index contributed by atoms with van der Waals surface area (Å²) in [6, 6.07) is 59.7. The minimum atomic E-state index is 0.643. The summed E-state index contributed by atoms with van der Waals surface area (Å²) in [6.45, 7) is 0. The first-order valence-electron chi connectivity index (χ1n) is 16.7. The Bertz CT molecular complexity index is 2850. The summed E-state index contributed by atoms with van der Waals surface area (Å²) in [5.74, 6) is 1.94. The number of aromatic nitrogens is 4. The van der Waals surface area contributed by atoms with E-state index >= 15 is 0 Å². The molecule has 0 saturated heterocycles. The summed E-state index contributed by atoms with van der Waals surface area (Å²) >= 11 is 1.84. The maximum absolute atomic E-state index is 5.18. The number of hydrogen-bond donors (Lipinski definition) is 0. The van der Waals surface area contributed by atoms with Crippen LogP contribution in [0.25, 0.3) is 93.0 Å². The van der Waals surface area contributed by atoms with Gasteiger partial charge in [-0.15, -0.1) is 11.3 Å². The molecule has 0 bridgehead atoms. The fraction of sp³-hybridized carbons (Fsp3) is 0. The number of hydrogen-bond acceptors (Lipinski definition) is 4. The standard InChI is InChI=1S/C45H28N4S/c1-3-12-29(13-4-1)30-22-24-32(25-23-30)44-46-43(31-14-5-2-6-15-31)47-45(48-44)36-18-11-20-39-42(36)35-17-7-9-19-38(35)49(39)33-26-27-41-37(28-33)34-16-8-10-21-40(34)50-41/h1-28H. The van der Waals surface area contributed by atoms with Crippen LogP contribution in [0.5, 0.6) is 0 Å². The second-order valence-corrected chi connectivity index (χ2v) is 13.5. The van der Waals surface area contributed by atoms with Crippen LogP contribution in [-0.2, 0) is 0 Å². The molecule has 0 aliphatic rings. The normalized spacial score (nSPS) is 11.6. The Kier molecular flexibility index (Phi) is 6.64. The molecule has 7 aromatic carbocycles. The average Bonchev–Trinajstić information content (AvgIpc) is 3.74. The summed E-state index contributed by atoms with van der Waals surface area (Å²) in [7, 11) is 0. The molecule has 234 valence electrons. The largest absolute Gasteiger partial charge is 0.309 e. The molecule has 3 aromatic heterocycles. The second kappa shape index (κ2) is 11.6. The predicted octanol–water partition coefficient (Wildman–Crippen LogP) is 12.0. The summed E-state index contributed by atoms with van der Waals surface area (Å²) in [6.07, 6.45) is 0. The molecular weight excluding hydrogens is 629 g/mol. The topological polar surface area (TPSA) is 43.6 Å². The van der Waals surface area contributed by atoms with E-state index in [4.69, 9.17) is 15.0 Å². The van der Waals surface area contributed by atoms with Crippen LogP contribution in [0, 0.1) is 0 Å². The van der Waals surface area contributed by atoms with Crippen molar-refractivity contribution >= 4 is 53.3 Å². The van der Waals surface area contributed by atoms with Crippen molar-refractivity contribution in [1.82, 2.24) is 19.5 Å². The maximum atomic E-state index is 5.18. The average molecular weight is 657 g/mol. The van der Waals surface area contributed by atoms with Crippen LogP contribution in [0.1, 0.15) is 0 Å². The molecule has 0 atom stereocenters. The Morgan fingerprint density at radius 2 is 0.940 bits per heavy atom. The molecule has 3 heterocycles. The molecule has 0 saturated carbocycles. The molecule has 0 fully saturated rings. The molecule has 0 N–H and O–H groups in total. The molecule has 5 heteroatoms. The number of fused-ring (bicyclic) bond motifs is 6. The Labute approximate surface area is 292 Å². The molecule has 0 radical (unpaired) electrons. The minimum absolute atomic E-state index is 0.643. The lowest BCUT2D eigenvalue weighted by molar-refractivity contribution is 1.08. The van der Waals surface area contributed by atoms with Crippen molar-refractivity contribution in [2.45, 2.75) is 0 Å². The third-order valence-corrected chi connectivity index (χ3v) is 10.6. The summed E-state index contributed by atoms with van der Waals surface area (Å²) < 4.78 is 4.97. The maximum Gasteiger partial charge on any atom is 0.164 e. The van der Waals surface area contributed by atoms with E-state index in [1.165, 1.54) is 25.7 Å². The SMILES string of the molecule is c1ccc(-c2ccc(-c3nc(-c4ccccc4)nc(-c4cccc5c4c4ccccc4n5-c4ccc5sc6ccccc6c5c4)n3)cc2)cc1. The van der Waals surface area contributed by atoms with Crippen LogP contribution in [0.4, 0.5) is 0 Å². The van der Waals surface area contributed by atoms with Crippen molar-refractivity contribution in [3.05, 3.63) is 170 Å². The van der Waals surface area contributed by atoms with Gasteiger partial charge in [-0.05, 0) is 47.5 Å². The molecule has 10 rings (SSSR count). The second-order valence-electron chi connectivity index (χ2n) is 12.4. The van der Waals surface area contributed by atoms with Crippen LogP contribution < -0.4 is 0 Å². The minimum Gasteiger partial charge on any atom is -0.309 e. The Morgan fingerprint density at radius 1 is 0.380 bits per heavy atom. The zero-order chi connectivity index (χ0) is 33.0. The molecule has 0 unspecified atom stereocenters. The monoisotopic (exact) mass is 656 g/mol. The molecule has 10 aromatic rings. The van der Waals surface area contributed by atoms with Crippen molar-refractivity contribution in [3.63, 3.8) is 0 Å². The Balaban J connectivity index is 1.19. The van der Waals surface area contributed by atoms with Gasteiger partial charge in [-0.3, -0.25) is 0 Å². The Morgan fingerprint density at radius 3 is 1.72 bits per heavy atom. The van der Waals surface area contributed by atoms with Crippen LogP contribution in [-0.4, -0.2) is 19.5 Å². The lowest BCUT2D eigenvalue weighted by atomic mass is 10.0. The van der Waals surface area contributed by atoms with E-state index in [1.807, 2.05) is 35.6 Å². The fourth-order valence-electron chi connectivity index (χ4n) is 7.12. The lowest BCUT2D eigenvalue weighted by Gasteiger charge is -2.11. The summed E-state index contributed by atoms with van der Waals surface area (Å²) in [4.78, 5) is 15.3. The van der Waals surface area contributed by atoms with Gasteiger partial charge in [0.1, 0.15) is 0 Å². The zero-order valence-electron chi connectivity index (χ0n) is 26.9. The van der Waals surface area contributed by atoms with Gasteiger partial charge in [0.25, 0.3) is 0 Å². The number of nitrogens with zero attached hydrogens (tertiary/aromatic N) is 4. The van der Waals surface area contributed by atoms with Gasteiger partial charge in [0.2, 0.25) is 0 Å². The number of benzene rings is 7. The first kappa shape index (κ1) is 28.6. The molecule has 4 nitrogen and oxygen atoms in total. The Hall–Kier alpha value is -6.43. The first-order valence-corrected chi connectivity index (χ1v) is 17.5. The highest BCUT2D eigenvalue weighted by Crippen LogP contribution is 2.40. The fourth-order valence-corrected chi connectivity index (χ4v) is 8.21. The van der Waals surface area contributed by atoms with Gasteiger partial charge in [-0.1, -0.05) is 133 Å². The van der Waals surface area contributed by atoms with Gasteiger partial charge in [0.05, 0.1) is 11.0 Å². The molecule has 0 aliphatic carbocycles. The van der Waals surface area contributed by atoms with Gasteiger partial charge in [-0.25, -0.2) is 15.0 Å². The smallest absolute Gasteiger partial charge is 0.164 e. The van der Waals surface area contributed by atoms with Crippen LogP contribution in [0.3, 0.4) is 0 Å². The van der Waals surface area contributed by atoms with E-state index < -0.39 is 0 Å². The number of para-hydroxylation sites is 1. The van der Waals surface area contributed by atoms with Gasteiger partial charge >= 0.3 is 0 Å². The number of rotatable bonds is 5. The predicted molar refractivity (Wildman–Crippen MR) is 209 cm³/mol. The van der Waals surface area contributed by atoms with Gasteiger partial charge in [0, 0.05) is 53.3 Å². The first-order chi connectivity index (χ1) is 24.8. The summed E-state index contributed by atoms with van der Waals surface area (Å²) in [5.41, 5.74) is 8.57. The van der Waals surface area contributed by atoms with E-state index in [1.54, 1.807) is 0 Å². The van der Waals surface area contributed by atoms with E-state index in [-0.39, 0.29) is 0 Å². The van der Waals surface area contributed by atoms with Crippen molar-refractivity contribution in [3.8, 4) is 51.0 Å². The van der Waals surface area contributed by atoms with Gasteiger partial charge < -0.3 is 4.57 Å². The highest BCUT2D eigenvalue weighted by molar-refractivity contribution is 7.25. The zero-order valence-corrected chi connectivity index (χ0v) is 27.7. The molecular formula is C45H28N4S. The van der Waals surface area contributed by atoms with Gasteiger partial charge in [0.15, 0.2) is 17.5 Å². The van der Waals surface area contributed by atoms with Gasteiger partial charge in [-0.2, -0.15) is 0 Å². The lowest BCUT2D eigenvalue weighted by Crippen LogP contribution is -2.00. The van der Waals surface area contributed by atoms with E-state index in [0.717, 1.165) is 49.7 Å². The van der Waals surface area contributed by atoms with Crippen LogP contribution in [0.15, 0.2) is 170 Å².